The molecular formula is C13H11N3O. The summed E-state index contributed by atoms with van der Waals surface area (Å²) in [7, 11) is 0. The number of hydrogen-bond donors (Lipinski definition) is 0. The third-order valence-electron chi connectivity index (χ3n) is 2.91. The second-order valence-corrected chi connectivity index (χ2v) is 4.02. The Balaban J connectivity index is 1.84. The van der Waals surface area contributed by atoms with E-state index in [0.717, 1.165) is 0 Å². The molecule has 1 aromatic carbocycles. The Morgan fingerprint density at radius 2 is 1.82 bits per heavy atom. The fourth-order valence-corrected chi connectivity index (χ4v) is 2.05. The first kappa shape index (κ1) is 9.96. The average Bonchev–Trinajstić information content (AvgIpc) is 2.82. The van der Waals surface area contributed by atoms with Crippen LogP contribution in [0.25, 0.3) is 0 Å². The van der Waals surface area contributed by atoms with E-state index in [-0.39, 0.29) is 5.91 Å². The smallest absolute Gasteiger partial charge is 0.274 e. The lowest BCUT2D eigenvalue weighted by molar-refractivity contribution is 0.0745. The second kappa shape index (κ2) is 3.97. The first-order valence-corrected chi connectivity index (χ1v) is 5.46. The summed E-state index contributed by atoms with van der Waals surface area (Å²) in [4.78, 5) is 21.9. The Morgan fingerprint density at radius 3 is 2.41 bits per heavy atom. The summed E-state index contributed by atoms with van der Waals surface area (Å²) < 4.78 is 0. The number of carbonyl (C=O) groups is 1. The molecule has 1 aromatic heterocycles. The SMILES string of the molecule is O=C(c1cnccn1)N1Cc2ccccc2C1. The maximum absolute atomic E-state index is 12.1. The van der Waals surface area contributed by atoms with Gasteiger partial charge in [0.15, 0.2) is 0 Å². The van der Waals surface area contributed by atoms with Crippen LogP contribution in [-0.4, -0.2) is 20.8 Å². The van der Waals surface area contributed by atoms with Crippen molar-refractivity contribution in [2.24, 2.45) is 0 Å². The van der Waals surface area contributed by atoms with Gasteiger partial charge in [-0.25, -0.2) is 4.98 Å². The van der Waals surface area contributed by atoms with Crippen LogP contribution in [0, 0.1) is 0 Å². The minimum Gasteiger partial charge on any atom is -0.329 e. The second-order valence-electron chi connectivity index (χ2n) is 4.02. The largest absolute Gasteiger partial charge is 0.329 e. The van der Waals surface area contributed by atoms with Gasteiger partial charge in [-0.3, -0.25) is 9.78 Å². The molecule has 1 aliphatic rings. The standard InChI is InChI=1S/C13H11N3O/c17-13(12-7-14-5-6-15-12)16-8-10-3-1-2-4-11(10)9-16/h1-7H,8-9H2. The minimum absolute atomic E-state index is 0.0608. The number of benzene rings is 1. The lowest BCUT2D eigenvalue weighted by Crippen LogP contribution is -2.26. The van der Waals surface area contributed by atoms with Crippen LogP contribution in [0.15, 0.2) is 42.9 Å². The Labute approximate surface area is 98.9 Å². The van der Waals surface area contributed by atoms with Crippen molar-refractivity contribution in [3.63, 3.8) is 0 Å². The molecule has 0 saturated carbocycles. The van der Waals surface area contributed by atoms with Gasteiger partial charge in [0.2, 0.25) is 0 Å². The summed E-state index contributed by atoms with van der Waals surface area (Å²) in [5.41, 5.74) is 2.83. The molecule has 0 N–H and O–H groups in total. The van der Waals surface area contributed by atoms with Crippen LogP contribution in [-0.2, 0) is 13.1 Å². The summed E-state index contributed by atoms with van der Waals surface area (Å²) in [5.74, 6) is -0.0608. The quantitative estimate of drug-likeness (QED) is 0.741. The van der Waals surface area contributed by atoms with E-state index in [9.17, 15) is 4.79 Å². The highest BCUT2D eigenvalue weighted by atomic mass is 16.2. The zero-order valence-electron chi connectivity index (χ0n) is 9.21. The van der Waals surface area contributed by atoms with E-state index in [2.05, 4.69) is 22.1 Å². The summed E-state index contributed by atoms with van der Waals surface area (Å²) >= 11 is 0. The average molecular weight is 225 g/mol. The monoisotopic (exact) mass is 225 g/mol. The molecule has 0 radical (unpaired) electrons. The summed E-state index contributed by atoms with van der Waals surface area (Å²) in [6.45, 7) is 1.32. The van der Waals surface area contributed by atoms with Gasteiger partial charge in [-0.05, 0) is 11.1 Å². The molecule has 0 saturated heterocycles. The molecule has 0 aliphatic carbocycles. The maximum Gasteiger partial charge on any atom is 0.274 e. The Kier molecular flexibility index (Phi) is 2.33. The van der Waals surface area contributed by atoms with E-state index in [1.807, 2.05) is 12.1 Å². The molecule has 0 atom stereocenters. The number of fused-ring (bicyclic) bond motifs is 1. The van der Waals surface area contributed by atoms with Crippen LogP contribution >= 0.6 is 0 Å². The molecular weight excluding hydrogens is 214 g/mol. The van der Waals surface area contributed by atoms with E-state index in [0.29, 0.717) is 18.8 Å². The predicted octanol–water partition coefficient (Wildman–Crippen LogP) is 1.63. The van der Waals surface area contributed by atoms with Crippen LogP contribution in [0.4, 0.5) is 0 Å². The van der Waals surface area contributed by atoms with E-state index >= 15 is 0 Å². The van der Waals surface area contributed by atoms with Crippen LogP contribution in [0.3, 0.4) is 0 Å². The third kappa shape index (κ3) is 1.78. The van der Waals surface area contributed by atoms with Crippen LogP contribution in [0.2, 0.25) is 0 Å². The highest BCUT2D eigenvalue weighted by molar-refractivity contribution is 5.92. The number of carbonyl (C=O) groups excluding carboxylic acids is 1. The van der Waals surface area contributed by atoms with E-state index < -0.39 is 0 Å². The zero-order valence-corrected chi connectivity index (χ0v) is 9.21. The van der Waals surface area contributed by atoms with Crippen molar-refractivity contribution >= 4 is 5.91 Å². The number of hydrogen-bond acceptors (Lipinski definition) is 3. The van der Waals surface area contributed by atoms with Crippen LogP contribution in [0.5, 0.6) is 0 Å². The van der Waals surface area contributed by atoms with Crippen molar-refractivity contribution in [1.82, 2.24) is 14.9 Å². The molecule has 1 amide bonds. The Morgan fingerprint density at radius 1 is 1.12 bits per heavy atom. The predicted molar refractivity (Wildman–Crippen MR) is 62.1 cm³/mol. The molecule has 3 rings (SSSR count). The molecule has 4 nitrogen and oxygen atoms in total. The van der Waals surface area contributed by atoms with Gasteiger partial charge in [-0.15, -0.1) is 0 Å². The summed E-state index contributed by atoms with van der Waals surface area (Å²) in [5, 5.41) is 0. The molecule has 2 heterocycles. The van der Waals surface area contributed by atoms with E-state index in [4.69, 9.17) is 0 Å². The number of nitrogens with zero attached hydrogens (tertiary/aromatic N) is 3. The van der Waals surface area contributed by atoms with Crippen molar-refractivity contribution in [3.05, 3.63) is 59.7 Å². The Bertz CT molecular complexity index is 529. The van der Waals surface area contributed by atoms with Crippen molar-refractivity contribution in [3.8, 4) is 0 Å². The normalized spacial score (nSPS) is 13.5. The van der Waals surface area contributed by atoms with Crippen LogP contribution in [0.1, 0.15) is 21.6 Å². The summed E-state index contributed by atoms with van der Waals surface area (Å²) in [6, 6.07) is 8.10. The number of amides is 1. The van der Waals surface area contributed by atoms with Gasteiger partial charge in [0.25, 0.3) is 5.91 Å². The fourth-order valence-electron chi connectivity index (χ4n) is 2.05. The first-order chi connectivity index (χ1) is 8.34. The third-order valence-corrected chi connectivity index (χ3v) is 2.91. The van der Waals surface area contributed by atoms with Gasteiger partial charge < -0.3 is 4.90 Å². The van der Waals surface area contributed by atoms with Crippen LogP contribution < -0.4 is 0 Å². The lowest BCUT2D eigenvalue weighted by Gasteiger charge is -2.14. The number of aromatic nitrogens is 2. The molecule has 4 heteroatoms. The summed E-state index contributed by atoms with van der Waals surface area (Å²) in [6.07, 6.45) is 4.61. The topological polar surface area (TPSA) is 46.1 Å². The molecule has 1 aliphatic heterocycles. The van der Waals surface area contributed by atoms with Gasteiger partial charge in [0, 0.05) is 25.5 Å². The highest BCUT2D eigenvalue weighted by Gasteiger charge is 2.24. The molecule has 0 spiro atoms. The maximum atomic E-state index is 12.1. The van der Waals surface area contributed by atoms with Gasteiger partial charge in [-0.2, -0.15) is 0 Å². The van der Waals surface area contributed by atoms with Crippen molar-refractivity contribution in [2.75, 3.05) is 0 Å². The van der Waals surface area contributed by atoms with Gasteiger partial charge in [0.05, 0.1) is 6.20 Å². The van der Waals surface area contributed by atoms with Crippen molar-refractivity contribution in [1.29, 1.82) is 0 Å². The molecule has 0 bridgehead atoms. The lowest BCUT2D eigenvalue weighted by atomic mass is 10.1. The fraction of sp³-hybridized carbons (Fsp3) is 0.154. The molecule has 0 unspecified atom stereocenters. The molecule has 17 heavy (non-hydrogen) atoms. The first-order valence-electron chi connectivity index (χ1n) is 5.46. The molecule has 2 aromatic rings. The zero-order chi connectivity index (χ0) is 11.7. The molecule has 84 valence electrons. The number of rotatable bonds is 1. The van der Waals surface area contributed by atoms with Gasteiger partial charge >= 0.3 is 0 Å². The molecule has 0 fully saturated rings. The Hall–Kier alpha value is -2.23. The highest BCUT2D eigenvalue weighted by Crippen LogP contribution is 2.23. The van der Waals surface area contributed by atoms with Crippen molar-refractivity contribution in [2.45, 2.75) is 13.1 Å². The van der Waals surface area contributed by atoms with Crippen molar-refractivity contribution < 1.29 is 4.79 Å². The van der Waals surface area contributed by atoms with Gasteiger partial charge in [0.1, 0.15) is 5.69 Å². The minimum atomic E-state index is -0.0608. The van der Waals surface area contributed by atoms with E-state index in [1.165, 1.54) is 23.5 Å². The van der Waals surface area contributed by atoms with E-state index in [1.54, 1.807) is 11.1 Å². The van der Waals surface area contributed by atoms with Gasteiger partial charge in [-0.1, -0.05) is 24.3 Å².